The Hall–Kier alpha value is -2.15. The fourth-order valence-corrected chi connectivity index (χ4v) is 4.46. The SMILES string of the molecule is CC1(C)c2ccc(-c3cc4ccccc4cn3)cc2C(C)(C)C1(C)C. The third-order valence-electron chi connectivity index (χ3n) is 7.42. The lowest BCUT2D eigenvalue weighted by Crippen LogP contribution is -2.42. The Kier molecular flexibility index (Phi) is 3.23. The molecule has 1 aliphatic carbocycles. The first kappa shape index (κ1) is 16.3. The van der Waals surface area contributed by atoms with Crippen molar-refractivity contribution in [3.8, 4) is 11.3 Å². The Morgan fingerprint density at radius 2 is 1.32 bits per heavy atom. The summed E-state index contributed by atoms with van der Waals surface area (Å²) >= 11 is 0. The van der Waals surface area contributed by atoms with Gasteiger partial charge in [0.2, 0.25) is 0 Å². The standard InChI is InChI=1S/C24H27N/c1-22(2)19-12-11-17(13-20(19)23(3,4)24(22,5)6)21-14-16-9-7-8-10-18(16)15-25-21/h7-15H,1-6H3. The highest BCUT2D eigenvalue weighted by atomic mass is 14.7. The Balaban J connectivity index is 1.90. The minimum atomic E-state index is 0.124. The third-order valence-corrected chi connectivity index (χ3v) is 7.42. The van der Waals surface area contributed by atoms with Crippen LogP contribution >= 0.6 is 0 Å². The van der Waals surface area contributed by atoms with Crippen molar-refractivity contribution >= 4 is 10.8 Å². The van der Waals surface area contributed by atoms with E-state index in [-0.39, 0.29) is 16.2 Å². The second-order valence-electron chi connectivity index (χ2n) is 9.05. The summed E-state index contributed by atoms with van der Waals surface area (Å²) in [6, 6.07) is 17.6. The number of aromatic nitrogens is 1. The van der Waals surface area contributed by atoms with Gasteiger partial charge in [-0.2, -0.15) is 0 Å². The van der Waals surface area contributed by atoms with Gasteiger partial charge in [-0.3, -0.25) is 4.98 Å². The molecule has 1 heterocycles. The average Bonchev–Trinajstić information content (AvgIpc) is 2.69. The maximum absolute atomic E-state index is 4.72. The summed E-state index contributed by atoms with van der Waals surface area (Å²) in [6.07, 6.45) is 1.98. The molecule has 3 aromatic rings. The third kappa shape index (κ3) is 2.05. The molecule has 0 saturated carbocycles. The molecule has 1 aromatic heterocycles. The maximum Gasteiger partial charge on any atom is 0.0708 e. The van der Waals surface area contributed by atoms with Gasteiger partial charge < -0.3 is 0 Å². The number of hydrogen-bond acceptors (Lipinski definition) is 1. The van der Waals surface area contributed by atoms with Crippen molar-refractivity contribution in [2.45, 2.75) is 52.4 Å². The van der Waals surface area contributed by atoms with E-state index < -0.39 is 0 Å². The summed E-state index contributed by atoms with van der Waals surface area (Å²) in [4.78, 5) is 4.72. The molecule has 1 aliphatic rings. The van der Waals surface area contributed by atoms with Gasteiger partial charge in [-0.15, -0.1) is 0 Å². The lowest BCUT2D eigenvalue weighted by molar-refractivity contribution is 0.125. The summed E-state index contributed by atoms with van der Waals surface area (Å²) in [5.41, 5.74) is 5.69. The van der Waals surface area contributed by atoms with Crippen molar-refractivity contribution in [1.82, 2.24) is 4.98 Å². The van der Waals surface area contributed by atoms with Crippen LogP contribution in [0.2, 0.25) is 0 Å². The van der Waals surface area contributed by atoms with E-state index in [2.05, 4.69) is 90.1 Å². The summed E-state index contributed by atoms with van der Waals surface area (Å²) in [5, 5.41) is 2.43. The molecule has 128 valence electrons. The fraction of sp³-hybridized carbons (Fsp3) is 0.375. The number of pyridine rings is 1. The van der Waals surface area contributed by atoms with Crippen LogP contribution < -0.4 is 0 Å². The van der Waals surface area contributed by atoms with Crippen LogP contribution in [0.5, 0.6) is 0 Å². The molecule has 0 atom stereocenters. The summed E-state index contributed by atoms with van der Waals surface area (Å²) in [7, 11) is 0. The molecule has 0 amide bonds. The smallest absolute Gasteiger partial charge is 0.0708 e. The van der Waals surface area contributed by atoms with E-state index in [0.717, 1.165) is 5.69 Å². The zero-order chi connectivity index (χ0) is 18.0. The Labute approximate surface area is 151 Å². The van der Waals surface area contributed by atoms with Crippen molar-refractivity contribution in [2.24, 2.45) is 5.41 Å². The summed E-state index contributed by atoms with van der Waals surface area (Å²) in [5.74, 6) is 0. The molecule has 2 aromatic carbocycles. The van der Waals surface area contributed by atoms with Crippen LogP contribution in [-0.2, 0) is 10.8 Å². The van der Waals surface area contributed by atoms with Crippen LogP contribution in [-0.4, -0.2) is 4.98 Å². The van der Waals surface area contributed by atoms with Crippen LogP contribution in [0, 0.1) is 5.41 Å². The van der Waals surface area contributed by atoms with Gasteiger partial charge in [-0.1, -0.05) is 77.9 Å². The lowest BCUT2D eigenvalue weighted by Gasteiger charge is -2.44. The Morgan fingerprint density at radius 3 is 2.04 bits per heavy atom. The zero-order valence-corrected chi connectivity index (χ0v) is 16.1. The molecule has 0 bridgehead atoms. The van der Waals surface area contributed by atoms with E-state index in [1.165, 1.54) is 27.5 Å². The quantitative estimate of drug-likeness (QED) is 0.497. The van der Waals surface area contributed by atoms with E-state index >= 15 is 0 Å². The molecular formula is C24H27N. The zero-order valence-electron chi connectivity index (χ0n) is 16.1. The van der Waals surface area contributed by atoms with Crippen LogP contribution in [0.3, 0.4) is 0 Å². The highest BCUT2D eigenvalue weighted by Crippen LogP contribution is 2.61. The van der Waals surface area contributed by atoms with E-state index in [4.69, 9.17) is 4.98 Å². The van der Waals surface area contributed by atoms with E-state index in [1.807, 2.05) is 6.20 Å². The first-order valence-corrected chi connectivity index (χ1v) is 9.16. The number of fused-ring (bicyclic) bond motifs is 2. The number of rotatable bonds is 1. The van der Waals surface area contributed by atoms with Crippen molar-refractivity contribution in [1.29, 1.82) is 0 Å². The molecule has 0 spiro atoms. The second kappa shape index (κ2) is 4.94. The molecule has 0 aliphatic heterocycles. The molecular weight excluding hydrogens is 302 g/mol. The average molecular weight is 329 g/mol. The predicted molar refractivity (Wildman–Crippen MR) is 107 cm³/mol. The highest BCUT2D eigenvalue weighted by Gasteiger charge is 2.56. The predicted octanol–water partition coefficient (Wildman–Crippen LogP) is 6.50. The summed E-state index contributed by atoms with van der Waals surface area (Å²) in [6.45, 7) is 14.3. The van der Waals surface area contributed by atoms with E-state index in [9.17, 15) is 0 Å². The van der Waals surface area contributed by atoms with Gasteiger partial charge in [0.1, 0.15) is 0 Å². The molecule has 25 heavy (non-hydrogen) atoms. The van der Waals surface area contributed by atoms with Gasteiger partial charge in [-0.05, 0) is 44.9 Å². The minimum absolute atomic E-state index is 0.124. The van der Waals surface area contributed by atoms with Crippen molar-refractivity contribution in [3.63, 3.8) is 0 Å². The maximum atomic E-state index is 4.72. The van der Waals surface area contributed by atoms with Crippen LogP contribution in [0.25, 0.3) is 22.0 Å². The molecule has 0 N–H and O–H groups in total. The molecule has 0 radical (unpaired) electrons. The van der Waals surface area contributed by atoms with E-state index in [1.54, 1.807) is 0 Å². The molecule has 0 unspecified atom stereocenters. The van der Waals surface area contributed by atoms with Gasteiger partial charge in [0, 0.05) is 17.1 Å². The van der Waals surface area contributed by atoms with Gasteiger partial charge in [0.05, 0.1) is 5.69 Å². The molecule has 1 heteroatoms. The summed E-state index contributed by atoms with van der Waals surface area (Å²) < 4.78 is 0. The first-order chi connectivity index (χ1) is 11.7. The van der Waals surface area contributed by atoms with Crippen LogP contribution in [0.15, 0.2) is 54.7 Å². The minimum Gasteiger partial charge on any atom is -0.256 e. The number of hydrogen-bond donors (Lipinski definition) is 0. The largest absolute Gasteiger partial charge is 0.256 e. The molecule has 1 nitrogen and oxygen atoms in total. The van der Waals surface area contributed by atoms with Gasteiger partial charge in [0.15, 0.2) is 0 Å². The molecule has 0 fully saturated rings. The van der Waals surface area contributed by atoms with E-state index in [0.29, 0.717) is 0 Å². The van der Waals surface area contributed by atoms with Crippen LogP contribution in [0.4, 0.5) is 0 Å². The molecule has 4 rings (SSSR count). The van der Waals surface area contributed by atoms with Crippen molar-refractivity contribution in [2.75, 3.05) is 0 Å². The van der Waals surface area contributed by atoms with Gasteiger partial charge in [0.25, 0.3) is 0 Å². The number of nitrogens with zero attached hydrogens (tertiary/aromatic N) is 1. The number of benzene rings is 2. The normalized spacial score (nSPS) is 19.8. The lowest BCUT2D eigenvalue weighted by atomic mass is 9.59. The fourth-order valence-electron chi connectivity index (χ4n) is 4.46. The second-order valence-corrected chi connectivity index (χ2v) is 9.05. The molecule has 0 saturated heterocycles. The van der Waals surface area contributed by atoms with Gasteiger partial charge in [-0.25, -0.2) is 0 Å². The van der Waals surface area contributed by atoms with Crippen LogP contribution in [0.1, 0.15) is 52.7 Å². The Morgan fingerprint density at radius 1 is 0.680 bits per heavy atom. The van der Waals surface area contributed by atoms with Crippen molar-refractivity contribution < 1.29 is 0 Å². The van der Waals surface area contributed by atoms with Gasteiger partial charge >= 0.3 is 0 Å². The monoisotopic (exact) mass is 329 g/mol. The van der Waals surface area contributed by atoms with Crippen molar-refractivity contribution in [3.05, 3.63) is 65.9 Å². The Bertz CT molecular complexity index is 976. The highest BCUT2D eigenvalue weighted by molar-refractivity contribution is 5.85. The first-order valence-electron chi connectivity index (χ1n) is 9.16. The topological polar surface area (TPSA) is 12.9 Å².